The number of nitrogens with one attached hydrogen (secondary N) is 1. The second kappa shape index (κ2) is 12.1. The molecule has 1 amide bonds. The predicted molar refractivity (Wildman–Crippen MR) is 141 cm³/mol. The Kier molecular flexibility index (Phi) is 9.17. The summed E-state index contributed by atoms with van der Waals surface area (Å²) in [4.78, 5) is 12.7. The van der Waals surface area contributed by atoms with Crippen molar-refractivity contribution in [3.8, 4) is 22.9 Å². The van der Waals surface area contributed by atoms with Crippen molar-refractivity contribution in [1.82, 2.24) is 0 Å². The minimum absolute atomic E-state index is 0.145. The van der Waals surface area contributed by atoms with Crippen LogP contribution in [0.3, 0.4) is 0 Å². The average molecular weight is 478 g/mol. The lowest BCUT2D eigenvalue weighted by molar-refractivity contribution is 0.0999. The van der Waals surface area contributed by atoms with Gasteiger partial charge in [-0.2, -0.15) is 5.26 Å². The van der Waals surface area contributed by atoms with E-state index in [0.717, 1.165) is 73.0 Å². The smallest absolute Gasteiger partial charge is 0.251 e. The molecule has 2 unspecified atom stereocenters. The number of fused-ring (bicyclic) bond motifs is 1. The molecule has 0 spiro atoms. The lowest BCUT2D eigenvalue weighted by Crippen LogP contribution is -2.18. The van der Waals surface area contributed by atoms with E-state index in [1.54, 1.807) is 7.11 Å². The molecule has 0 fully saturated rings. The lowest BCUT2D eigenvalue weighted by Gasteiger charge is -2.23. The quantitative estimate of drug-likeness (QED) is 0.328. The summed E-state index contributed by atoms with van der Waals surface area (Å²) in [6, 6.07) is 10.1. The molecule has 1 aliphatic heterocycles. The van der Waals surface area contributed by atoms with Crippen molar-refractivity contribution in [3.05, 3.63) is 46.5 Å². The molecule has 0 saturated heterocycles. The molecule has 0 saturated carbocycles. The number of methoxy groups -OCH3 is 1. The Morgan fingerprint density at radius 1 is 1.29 bits per heavy atom. The summed E-state index contributed by atoms with van der Waals surface area (Å²) >= 11 is 0. The van der Waals surface area contributed by atoms with Crippen LogP contribution in [-0.2, 0) is 0 Å². The van der Waals surface area contributed by atoms with Gasteiger partial charge >= 0.3 is 0 Å². The molecule has 35 heavy (non-hydrogen) atoms. The van der Waals surface area contributed by atoms with E-state index >= 15 is 0 Å². The number of ether oxygens (including phenoxy) is 1. The average Bonchev–Trinajstić information content (AvgIpc) is 3.31. The van der Waals surface area contributed by atoms with E-state index in [-0.39, 0.29) is 18.4 Å². The highest BCUT2D eigenvalue weighted by Gasteiger charge is 2.32. The first-order valence-corrected chi connectivity index (χ1v) is 12.8. The van der Waals surface area contributed by atoms with Gasteiger partial charge in [0, 0.05) is 19.1 Å². The number of carbonyl (C=O) groups excluding carboxylic acids is 1. The fourth-order valence-corrected chi connectivity index (χ4v) is 5.32. The van der Waals surface area contributed by atoms with Crippen LogP contribution in [0.5, 0.6) is 5.75 Å². The third kappa shape index (κ3) is 5.62. The fourth-order valence-electron chi connectivity index (χ4n) is 5.32. The Morgan fingerprint density at radius 2 is 2.03 bits per heavy atom. The molecule has 0 aliphatic carbocycles. The fraction of sp³-hybridized carbons (Fsp3) is 0.517. The number of amides is 1. The van der Waals surface area contributed by atoms with Gasteiger partial charge in [0.05, 0.1) is 23.9 Å². The van der Waals surface area contributed by atoms with Crippen LogP contribution in [0.4, 0.5) is 5.69 Å². The van der Waals surface area contributed by atoms with Gasteiger partial charge in [-0.15, -0.1) is 0 Å². The highest BCUT2D eigenvalue weighted by Crippen LogP contribution is 2.46. The zero-order valence-electron chi connectivity index (χ0n) is 21.5. The van der Waals surface area contributed by atoms with Gasteiger partial charge in [0.1, 0.15) is 11.8 Å². The van der Waals surface area contributed by atoms with Gasteiger partial charge in [0.2, 0.25) is 0 Å². The topological polar surface area (TPSA) is 108 Å². The Bertz CT molecular complexity index is 1090. The first kappa shape index (κ1) is 26.6. The summed E-state index contributed by atoms with van der Waals surface area (Å²) in [7, 11) is 1.56. The number of nitrogens with two attached hydrogens (primary N) is 1. The molecule has 188 valence electrons. The second-order valence-corrected chi connectivity index (χ2v) is 9.70. The number of anilines is 1. The molecule has 2 aromatic rings. The van der Waals surface area contributed by atoms with E-state index in [1.807, 2.05) is 18.2 Å². The predicted octanol–water partition coefficient (Wildman–Crippen LogP) is 5.93. The molecule has 1 aliphatic rings. The molecular weight excluding hydrogens is 438 g/mol. The first-order valence-electron chi connectivity index (χ1n) is 12.8. The number of nitrogens with zero attached hydrogens (tertiary/aromatic N) is 1. The largest absolute Gasteiger partial charge is 0.495 e. The third-order valence-electron chi connectivity index (χ3n) is 7.57. The number of benzene rings is 2. The molecule has 3 rings (SSSR count). The summed E-state index contributed by atoms with van der Waals surface area (Å²) in [5.74, 6) is 0.912. The van der Waals surface area contributed by atoms with Crippen LogP contribution in [0.25, 0.3) is 11.1 Å². The molecule has 0 bridgehead atoms. The first-order chi connectivity index (χ1) is 16.9. The standard InChI is InChI=1S/C29H39N3O3/c1-5-19(17-33)10-8-7-9-18(3)23-14-24(21-11-12-25(35-4)22(13-21)15-30)26-20(6-2)16-32-28(26)27(23)29(31)34/h11-14,18-20,32-33H,5-10,16-17H2,1-4H3,(H2,31,34)/t18?,19-,20?/m1/s1. The van der Waals surface area contributed by atoms with Gasteiger partial charge in [-0.25, -0.2) is 0 Å². The highest BCUT2D eigenvalue weighted by atomic mass is 16.5. The zero-order valence-corrected chi connectivity index (χ0v) is 21.5. The maximum atomic E-state index is 12.7. The lowest BCUT2D eigenvalue weighted by atomic mass is 9.82. The summed E-state index contributed by atoms with van der Waals surface area (Å²) < 4.78 is 5.35. The molecule has 4 N–H and O–H groups in total. The van der Waals surface area contributed by atoms with Crippen molar-refractivity contribution >= 4 is 11.6 Å². The summed E-state index contributed by atoms with van der Waals surface area (Å²) in [6.45, 7) is 7.42. The van der Waals surface area contributed by atoms with Crippen LogP contribution >= 0.6 is 0 Å². The van der Waals surface area contributed by atoms with Crippen molar-refractivity contribution in [1.29, 1.82) is 5.26 Å². The molecule has 2 aromatic carbocycles. The minimum atomic E-state index is -0.405. The summed E-state index contributed by atoms with van der Waals surface area (Å²) in [5.41, 5.74) is 11.9. The number of unbranched alkanes of at least 4 members (excludes halogenated alkanes) is 1. The normalized spacial score (nSPS) is 16.2. The molecule has 3 atom stereocenters. The van der Waals surface area contributed by atoms with Crippen molar-refractivity contribution in [2.24, 2.45) is 11.7 Å². The van der Waals surface area contributed by atoms with E-state index in [2.05, 4.69) is 38.2 Å². The van der Waals surface area contributed by atoms with Crippen LogP contribution in [0.15, 0.2) is 24.3 Å². The van der Waals surface area contributed by atoms with E-state index < -0.39 is 5.91 Å². The maximum Gasteiger partial charge on any atom is 0.251 e. The van der Waals surface area contributed by atoms with Gasteiger partial charge in [0.15, 0.2) is 0 Å². The van der Waals surface area contributed by atoms with Crippen LogP contribution in [-0.4, -0.2) is 31.3 Å². The maximum absolute atomic E-state index is 12.7. The molecule has 6 nitrogen and oxygen atoms in total. The third-order valence-corrected chi connectivity index (χ3v) is 7.57. The van der Waals surface area contributed by atoms with Crippen LogP contribution in [0.2, 0.25) is 0 Å². The van der Waals surface area contributed by atoms with Crippen LogP contribution in [0.1, 0.15) is 98.2 Å². The van der Waals surface area contributed by atoms with Gasteiger partial charge < -0.3 is 20.9 Å². The van der Waals surface area contributed by atoms with E-state index in [0.29, 0.717) is 22.8 Å². The summed E-state index contributed by atoms with van der Waals surface area (Å²) in [5, 5.41) is 22.6. The number of rotatable bonds is 12. The Balaban J connectivity index is 2.05. The molecule has 1 heterocycles. The van der Waals surface area contributed by atoms with E-state index in [1.165, 1.54) is 0 Å². The Labute approximate surface area is 209 Å². The monoisotopic (exact) mass is 477 g/mol. The number of aliphatic hydroxyl groups excluding tert-OH is 1. The number of aliphatic hydroxyl groups is 1. The second-order valence-electron chi connectivity index (χ2n) is 9.70. The Hall–Kier alpha value is -3.04. The van der Waals surface area contributed by atoms with Crippen molar-refractivity contribution in [2.75, 3.05) is 25.6 Å². The van der Waals surface area contributed by atoms with E-state index in [4.69, 9.17) is 10.5 Å². The van der Waals surface area contributed by atoms with Crippen molar-refractivity contribution < 1.29 is 14.6 Å². The minimum Gasteiger partial charge on any atom is -0.495 e. The van der Waals surface area contributed by atoms with Gasteiger partial charge in [-0.1, -0.05) is 46.1 Å². The van der Waals surface area contributed by atoms with Crippen molar-refractivity contribution in [3.63, 3.8) is 0 Å². The van der Waals surface area contributed by atoms with Crippen LogP contribution in [0, 0.1) is 17.2 Å². The number of primary amides is 1. The summed E-state index contributed by atoms with van der Waals surface area (Å²) in [6.07, 6.45) is 5.94. The number of hydrogen-bond donors (Lipinski definition) is 3. The number of nitriles is 1. The molecule has 0 aromatic heterocycles. The van der Waals surface area contributed by atoms with Gasteiger partial charge in [-0.3, -0.25) is 4.79 Å². The number of carbonyl (C=O) groups is 1. The van der Waals surface area contributed by atoms with Crippen LogP contribution < -0.4 is 15.8 Å². The zero-order chi connectivity index (χ0) is 25.5. The molecule has 6 heteroatoms. The van der Waals surface area contributed by atoms with Gasteiger partial charge in [-0.05, 0) is 71.6 Å². The van der Waals surface area contributed by atoms with E-state index in [9.17, 15) is 15.2 Å². The van der Waals surface area contributed by atoms with Gasteiger partial charge in [0.25, 0.3) is 5.91 Å². The molecular formula is C29H39N3O3. The SMILES string of the molecule is CCC1CNc2c(C(N)=O)c(C(C)CCCC[C@@H](CC)CO)cc(-c3ccc(OC)c(C#N)c3)c21. The highest BCUT2D eigenvalue weighted by molar-refractivity contribution is 6.03. The Morgan fingerprint density at radius 3 is 2.63 bits per heavy atom. The molecule has 0 radical (unpaired) electrons. The van der Waals surface area contributed by atoms with Crippen molar-refractivity contribution in [2.45, 2.75) is 71.1 Å². The number of hydrogen-bond acceptors (Lipinski definition) is 5.